The van der Waals surface area contributed by atoms with Gasteiger partial charge < -0.3 is 10.6 Å². The SMILES string of the molecule is Cc1nscc1C1(CNC(=O)c2ccccc2-c2ccc(C(F)(F)F)cc2)NC(=O)NC1=O. The summed E-state index contributed by atoms with van der Waals surface area (Å²) in [4.78, 5) is 37.6. The normalized spacial score (nSPS) is 18.1. The van der Waals surface area contributed by atoms with E-state index in [2.05, 4.69) is 20.3 Å². The minimum absolute atomic E-state index is 0.206. The Morgan fingerprint density at radius 2 is 1.82 bits per heavy atom. The zero-order valence-corrected chi connectivity index (χ0v) is 17.9. The molecule has 2 aromatic carbocycles. The van der Waals surface area contributed by atoms with E-state index in [9.17, 15) is 27.6 Å². The summed E-state index contributed by atoms with van der Waals surface area (Å²) in [5.74, 6) is -1.17. The van der Waals surface area contributed by atoms with Crippen molar-refractivity contribution in [2.45, 2.75) is 18.6 Å². The van der Waals surface area contributed by atoms with Gasteiger partial charge in [0.2, 0.25) is 0 Å². The first kappa shape index (κ1) is 22.5. The van der Waals surface area contributed by atoms with Crippen molar-refractivity contribution in [3.63, 3.8) is 0 Å². The van der Waals surface area contributed by atoms with Gasteiger partial charge in [0.1, 0.15) is 0 Å². The number of hydrogen-bond acceptors (Lipinski definition) is 5. The van der Waals surface area contributed by atoms with Gasteiger partial charge in [-0.2, -0.15) is 17.5 Å². The first-order valence-electron chi connectivity index (χ1n) is 9.72. The van der Waals surface area contributed by atoms with Crippen LogP contribution in [0.5, 0.6) is 0 Å². The Balaban J connectivity index is 1.61. The largest absolute Gasteiger partial charge is 0.416 e. The van der Waals surface area contributed by atoms with Crippen LogP contribution in [-0.2, 0) is 16.5 Å². The molecule has 0 aliphatic carbocycles. The molecule has 0 spiro atoms. The Morgan fingerprint density at radius 3 is 2.39 bits per heavy atom. The number of benzene rings is 2. The van der Waals surface area contributed by atoms with Gasteiger partial charge in [-0.25, -0.2) is 4.79 Å². The fourth-order valence-corrected chi connectivity index (χ4v) is 4.47. The standard InChI is InChI=1S/C22H17F3N4O3S/c1-12-17(10-33-29-12)21(19(31)27-20(32)28-21)11-26-18(30)16-5-3-2-4-15(16)13-6-8-14(9-7-13)22(23,24)25/h2-10H,11H2,1H3,(H,26,30)(H2,27,28,31,32). The first-order valence-corrected chi connectivity index (χ1v) is 10.6. The van der Waals surface area contributed by atoms with Gasteiger partial charge in [0.15, 0.2) is 5.54 Å². The number of alkyl halides is 3. The number of nitrogens with zero attached hydrogens (tertiary/aromatic N) is 1. The Morgan fingerprint density at radius 1 is 1.12 bits per heavy atom. The van der Waals surface area contributed by atoms with Gasteiger partial charge in [0.25, 0.3) is 11.8 Å². The number of amides is 4. The molecule has 1 saturated heterocycles. The van der Waals surface area contributed by atoms with Crippen LogP contribution in [0.2, 0.25) is 0 Å². The predicted octanol–water partition coefficient (Wildman–Crippen LogP) is 3.60. The summed E-state index contributed by atoms with van der Waals surface area (Å²) >= 11 is 1.11. The summed E-state index contributed by atoms with van der Waals surface area (Å²) < 4.78 is 42.8. The highest BCUT2D eigenvalue weighted by molar-refractivity contribution is 7.03. The number of carbonyl (C=O) groups is 3. The quantitative estimate of drug-likeness (QED) is 0.492. The molecule has 1 atom stereocenters. The number of aryl methyl sites for hydroxylation is 1. The molecule has 4 amide bonds. The van der Waals surface area contributed by atoms with Crippen molar-refractivity contribution in [2.75, 3.05) is 6.54 Å². The average Bonchev–Trinajstić information content (AvgIpc) is 3.34. The van der Waals surface area contributed by atoms with E-state index >= 15 is 0 Å². The van der Waals surface area contributed by atoms with Gasteiger partial charge >= 0.3 is 12.2 Å². The van der Waals surface area contributed by atoms with Crippen LogP contribution >= 0.6 is 11.5 Å². The summed E-state index contributed by atoms with van der Waals surface area (Å²) in [6.07, 6.45) is -4.47. The molecule has 11 heteroatoms. The minimum atomic E-state index is -4.47. The summed E-state index contributed by atoms with van der Waals surface area (Å²) in [5, 5.41) is 9.07. The second-order valence-corrected chi connectivity index (χ2v) is 8.06. The van der Waals surface area contributed by atoms with Crippen molar-refractivity contribution >= 4 is 29.4 Å². The maximum absolute atomic E-state index is 13.1. The van der Waals surface area contributed by atoms with Gasteiger partial charge in [-0.1, -0.05) is 30.3 Å². The van der Waals surface area contributed by atoms with Crippen LogP contribution in [0.15, 0.2) is 53.9 Å². The van der Waals surface area contributed by atoms with Crippen LogP contribution in [0.3, 0.4) is 0 Å². The molecule has 33 heavy (non-hydrogen) atoms. The third-order valence-electron chi connectivity index (χ3n) is 5.36. The molecule has 1 aromatic heterocycles. The summed E-state index contributed by atoms with van der Waals surface area (Å²) in [6.45, 7) is 1.44. The van der Waals surface area contributed by atoms with E-state index < -0.39 is 35.1 Å². The molecule has 2 heterocycles. The number of carbonyl (C=O) groups excluding carboxylic acids is 3. The number of hydrogen-bond donors (Lipinski definition) is 3. The maximum atomic E-state index is 13.1. The van der Waals surface area contributed by atoms with Crippen molar-refractivity contribution < 1.29 is 27.6 Å². The van der Waals surface area contributed by atoms with E-state index in [1.165, 1.54) is 18.2 Å². The fourth-order valence-electron chi connectivity index (χ4n) is 3.68. The van der Waals surface area contributed by atoms with Crippen LogP contribution in [0.25, 0.3) is 11.1 Å². The van der Waals surface area contributed by atoms with Gasteiger partial charge in [-0.3, -0.25) is 14.9 Å². The molecule has 0 saturated carbocycles. The Labute approximate surface area is 190 Å². The summed E-state index contributed by atoms with van der Waals surface area (Å²) in [7, 11) is 0. The van der Waals surface area contributed by atoms with E-state index in [1.807, 2.05) is 0 Å². The molecule has 3 N–H and O–H groups in total. The molecule has 3 aromatic rings. The third-order valence-corrected chi connectivity index (χ3v) is 6.08. The van der Waals surface area contributed by atoms with E-state index in [0.29, 0.717) is 22.4 Å². The van der Waals surface area contributed by atoms with Crippen LogP contribution < -0.4 is 16.0 Å². The molecule has 7 nitrogen and oxygen atoms in total. The number of aromatic nitrogens is 1. The molecule has 4 rings (SSSR count). The van der Waals surface area contributed by atoms with Crippen LogP contribution in [0.1, 0.15) is 27.2 Å². The molecule has 0 radical (unpaired) electrons. The van der Waals surface area contributed by atoms with Crippen LogP contribution in [0.4, 0.5) is 18.0 Å². The first-order chi connectivity index (χ1) is 15.6. The molecule has 0 bridgehead atoms. The van der Waals surface area contributed by atoms with Crippen molar-refractivity contribution in [2.24, 2.45) is 0 Å². The summed E-state index contributed by atoms with van der Waals surface area (Å²) in [6, 6.07) is 10.2. The van der Waals surface area contributed by atoms with E-state index in [0.717, 1.165) is 23.7 Å². The number of imide groups is 1. The molecule has 1 unspecified atom stereocenters. The highest BCUT2D eigenvalue weighted by Crippen LogP contribution is 2.32. The zero-order chi connectivity index (χ0) is 23.8. The minimum Gasteiger partial charge on any atom is -0.349 e. The summed E-state index contributed by atoms with van der Waals surface area (Å²) in [5.41, 5.74) is -0.258. The predicted molar refractivity (Wildman–Crippen MR) is 114 cm³/mol. The van der Waals surface area contributed by atoms with E-state index in [4.69, 9.17) is 0 Å². The molecule has 1 fully saturated rings. The second kappa shape index (κ2) is 8.32. The van der Waals surface area contributed by atoms with Gasteiger partial charge in [-0.15, -0.1) is 0 Å². The average molecular weight is 474 g/mol. The smallest absolute Gasteiger partial charge is 0.349 e. The van der Waals surface area contributed by atoms with Crippen molar-refractivity contribution in [1.29, 1.82) is 0 Å². The second-order valence-electron chi connectivity index (χ2n) is 7.43. The topological polar surface area (TPSA) is 100 Å². The maximum Gasteiger partial charge on any atom is 0.416 e. The highest BCUT2D eigenvalue weighted by Gasteiger charge is 2.49. The Bertz CT molecular complexity index is 1240. The van der Waals surface area contributed by atoms with Gasteiger partial charge in [-0.05, 0) is 47.8 Å². The molecule has 170 valence electrons. The highest BCUT2D eigenvalue weighted by atomic mass is 32.1. The van der Waals surface area contributed by atoms with Crippen molar-refractivity contribution in [1.82, 2.24) is 20.3 Å². The fraction of sp³-hybridized carbons (Fsp3) is 0.182. The lowest BCUT2D eigenvalue weighted by Crippen LogP contribution is -2.52. The lowest BCUT2D eigenvalue weighted by atomic mass is 9.90. The lowest BCUT2D eigenvalue weighted by molar-refractivity contribution is -0.137. The zero-order valence-electron chi connectivity index (χ0n) is 17.1. The number of halogens is 3. The number of nitrogens with one attached hydrogen (secondary N) is 3. The Kier molecular flexibility index (Phi) is 5.66. The third kappa shape index (κ3) is 4.19. The molecular weight excluding hydrogens is 457 g/mol. The van der Waals surface area contributed by atoms with Crippen molar-refractivity contribution in [3.05, 3.63) is 76.3 Å². The monoisotopic (exact) mass is 474 g/mol. The van der Waals surface area contributed by atoms with Gasteiger partial charge in [0, 0.05) is 16.5 Å². The Hall–Kier alpha value is -3.73. The van der Waals surface area contributed by atoms with Crippen molar-refractivity contribution in [3.8, 4) is 11.1 Å². The molecule has 1 aliphatic heterocycles. The van der Waals surface area contributed by atoms with Crippen LogP contribution in [0, 0.1) is 6.92 Å². The number of urea groups is 1. The van der Waals surface area contributed by atoms with Crippen LogP contribution in [-0.4, -0.2) is 28.8 Å². The molecule has 1 aliphatic rings. The lowest BCUT2D eigenvalue weighted by Gasteiger charge is -2.26. The van der Waals surface area contributed by atoms with E-state index in [1.54, 1.807) is 30.5 Å². The number of rotatable bonds is 5. The molecular formula is C22H17F3N4O3S. The van der Waals surface area contributed by atoms with Gasteiger partial charge in [0.05, 0.1) is 17.8 Å². The van der Waals surface area contributed by atoms with E-state index in [-0.39, 0.29) is 12.1 Å².